The van der Waals surface area contributed by atoms with Crippen LogP contribution in [0.3, 0.4) is 0 Å². The van der Waals surface area contributed by atoms with Crippen LogP contribution in [0.1, 0.15) is 245 Å². The second kappa shape index (κ2) is 56.2. The summed E-state index contributed by atoms with van der Waals surface area (Å²) in [4.78, 5) is 35.2. The van der Waals surface area contributed by atoms with E-state index in [2.05, 4.69) is 111 Å². The fourth-order valence-electron chi connectivity index (χ4n) is 7.73. The third kappa shape index (κ3) is 56.1. The molecule has 2 unspecified atom stereocenters. The van der Waals surface area contributed by atoms with Crippen LogP contribution in [0.4, 0.5) is 0 Å². The Bertz CT molecular complexity index is 1480. The predicted molar refractivity (Wildman–Crippen MR) is 302 cm³/mol. The number of hydrogen-bond donors (Lipinski definition) is 2. The first-order chi connectivity index (χ1) is 34.8. The van der Waals surface area contributed by atoms with E-state index in [1.165, 1.54) is 122 Å². The molecule has 0 aromatic rings. The normalized spacial score (nSPS) is 13.8. The quantitative estimate of drug-likeness (QED) is 0.0264. The lowest BCUT2D eigenvalue weighted by Crippen LogP contribution is -2.29. The van der Waals surface area contributed by atoms with E-state index in [0.29, 0.717) is 6.42 Å². The predicted octanol–water partition coefficient (Wildman–Crippen LogP) is 18.1. The molecule has 0 rings (SSSR count). The van der Waals surface area contributed by atoms with Crippen LogP contribution in [0, 0.1) is 0 Å². The van der Waals surface area contributed by atoms with Gasteiger partial charge >= 0.3 is 19.8 Å². The van der Waals surface area contributed by atoms with Gasteiger partial charge in [-0.15, -0.1) is 0 Å². The molecule has 0 fully saturated rings. The van der Waals surface area contributed by atoms with Crippen LogP contribution >= 0.6 is 7.82 Å². The minimum atomic E-state index is -4.40. The van der Waals surface area contributed by atoms with Gasteiger partial charge in [0.2, 0.25) is 0 Å². The van der Waals surface area contributed by atoms with E-state index in [9.17, 15) is 19.0 Å². The van der Waals surface area contributed by atoms with E-state index in [0.717, 1.165) is 89.9 Å². The number of phosphoric ester groups is 1. The van der Waals surface area contributed by atoms with Crippen molar-refractivity contribution in [1.29, 1.82) is 0 Å². The van der Waals surface area contributed by atoms with Crippen molar-refractivity contribution < 1.29 is 37.6 Å². The van der Waals surface area contributed by atoms with Crippen molar-refractivity contribution in [3.05, 3.63) is 97.2 Å². The van der Waals surface area contributed by atoms with Gasteiger partial charge in [-0.1, -0.05) is 233 Å². The largest absolute Gasteiger partial charge is 0.472 e. The van der Waals surface area contributed by atoms with Gasteiger partial charge in [0.25, 0.3) is 0 Å². The third-order valence-corrected chi connectivity index (χ3v) is 12.9. The van der Waals surface area contributed by atoms with Gasteiger partial charge in [0.05, 0.1) is 13.2 Å². The summed E-state index contributed by atoms with van der Waals surface area (Å²) in [7, 11) is -4.40. The summed E-state index contributed by atoms with van der Waals surface area (Å²) in [6.45, 7) is 3.62. The maximum atomic E-state index is 12.7. The number of carbonyl (C=O) groups is 2. The van der Waals surface area contributed by atoms with E-state index in [-0.39, 0.29) is 38.6 Å². The highest BCUT2D eigenvalue weighted by molar-refractivity contribution is 7.47. The SMILES string of the molecule is CC/C=C\C/C=C\C/C=C\C/C=C\C/C=C\C/C=C\C/C=C\CCCCCCCCCC(=O)OC(COC(=O)CCCCCCCCCCC/C=C\CCCCCCCCCC)COP(=O)(O)OCCN. The number of rotatable bonds is 53. The molecule has 0 aliphatic heterocycles. The fourth-order valence-corrected chi connectivity index (χ4v) is 8.49. The molecule has 0 aromatic heterocycles. The van der Waals surface area contributed by atoms with Crippen molar-refractivity contribution in [2.45, 2.75) is 251 Å². The lowest BCUT2D eigenvalue weighted by molar-refractivity contribution is -0.161. The van der Waals surface area contributed by atoms with E-state index < -0.39 is 26.5 Å². The first kappa shape index (κ1) is 67.9. The Labute approximate surface area is 436 Å². The van der Waals surface area contributed by atoms with Gasteiger partial charge in [0.1, 0.15) is 6.61 Å². The highest BCUT2D eigenvalue weighted by Crippen LogP contribution is 2.43. The molecule has 0 spiro atoms. The van der Waals surface area contributed by atoms with Gasteiger partial charge in [0.15, 0.2) is 6.10 Å². The number of phosphoric acid groups is 1. The highest BCUT2D eigenvalue weighted by Gasteiger charge is 2.26. The summed E-state index contributed by atoms with van der Waals surface area (Å²) >= 11 is 0. The molecule has 0 aromatic carbocycles. The number of esters is 2. The van der Waals surface area contributed by atoms with Gasteiger partial charge in [0, 0.05) is 19.4 Å². The van der Waals surface area contributed by atoms with Crippen molar-refractivity contribution >= 4 is 19.8 Å². The molecule has 10 heteroatoms. The zero-order valence-electron chi connectivity index (χ0n) is 45.4. The van der Waals surface area contributed by atoms with Crippen molar-refractivity contribution in [3.8, 4) is 0 Å². The second-order valence-corrected chi connectivity index (χ2v) is 20.2. The van der Waals surface area contributed by atoms with Crippen LogP contribution < -0.4 is 5.73 Å². The minimum absolute atomic E-state index is 0.0468. The molecule has 9 nitrogen and oxygen atoms in total. The number of unbranched alkanes of at least 4 members (excludes halogenated alkanes) is 24. The van der Waals surface area contributed by atoms with Crippen molar-refractivity contribution in [2.75, 3.05) is 26.4 Å². The fraction of sp³-hybridized carbons (Fsp3) is 0.705. The molecular formula is C61H106NO8P. The van der Waals surface area contributed by atoms with Gasteiger partial charge in [-0.2, -0.15) is 0 Å². The van der Waals surface area contributed by atoms with Crippen LogP contribution in [0.15, 0.2) is 97.2 Å². The van der Waals surface area contributed by atoms with Crippen molar-refractivity contribution in [2.24, 2.45) is 5.73 Å². The summed E-state index contributed by atoms with van der Waals surface area (Å²) in [5.74, 6) is -0.844. The summed E-state index contributed by atoms with van der Waals surface area (Å²) in [6, 6.07) is 0. The van der Waals surface area contributed by atoms with Gasteiger partial charge < -0.3 is 20.1 Å². The maximum Gasteiger partial charge on any atom is 0.472 e. The molecule has 0 aliphatic rings. The number of carbonyl (C=O) groups excluding carboxylic acids is 2. The summed E-state index contributed by atoms with van der Waals surface area (Å²) < 4.78 is 33.0. The number of hydrogen-bond acceptors (Lipinski definition) is 8. The zero-order valence-corrected chi connectivity index (χ0v) is 46.3. The number of nitrogens with two attached hydrogens (primary N) is 1. The molecule has 0 saturated carbocycles. The summed E-state index contributed by atoms with van der Waals surface area (Å²) in [5, 5.41) is 0. The van der Waals surface area contributed by atoms with Gasteiger partial charge in [-0.25, -0.2) is 4.57 Å². The molecule has 71 heavy (non-hydrogen) atoms. The van der Waals surface area contributed by atoms with Crippen LogP contribution in [-0.2, 0) is 32.7 Å². The van der Waals surface area contributed by atoms with E-state index in [1.54, 1.807) is 0 Å². The molecule has 0 aliphatic carbocycles. The third-order valence-electron chi connectivity index (χ3n) is 12.0. The molecule has 0 bridgehead atoms. The van der Waals surface area contributed by atoms with Crippen molar-refractivity contribution in [1.82, 2.24) is 0 Å². The summed E-state index contributed by atoms with van der Waals surface area (Å²) in [5.41, 5.74) is 5.38. The Morgan fingerprint density at radius 1 is 0.437 bits per heavy atom. The number of allylic oxidation sites excluding steroid dienone is 16. The molecule has 0 saturated heterocycles. The first-order valence-electron chi connectivity index (χ1n) is 28.7. The molecule has 408 valence electrons. The molecule has 0 heterocycles. The van der Waals surface area contributed by atoms with Gasteiger partial charge in [-0.05, 0) is 96.3 Å². The molecule has 0 amide bonds. The van der Waals surface area contributed by atoms with Crippen LogP contribution in [0.5, 0.6) is 0 Å². The monoisotopic (exact) mass is 1010 g/mol. The Kier molecular flexibility index (Phi) is 53.8. The Morgan fingerprint density at radius 3 is 1.17 bits per heavy atom. The molecular weight excluding hydrogens is 906 g/mol. The Morgan fingerprint density at radius 2 is 0.775 bits per heavy atom. The summed E-state index contributed by atoms with van der Waals surface area (Å²) in [6.07, 6.45) is 74.5. The standard InChI is InChI=1S/C61H106NO8P/c1-3-5-7-9-11-13-15-17-19-21-23-25-26-27-28-29-30-31-32-34-36-38-40-42-44-46-48-50-52-54-61(64)70-59(58-69-71(65,66)68-56-55-62)57-67-60(63)53-51-49-47-45-43-41-39-37-35-33-24-22-20-18-16-14-12-10-8-6-4-2/h5,7,11,13,17,19,22-25,27-28,30-31,34,36,59H,3-4,6,8-10,12,14-16,18,20-21,26,29,32-33,35,37-58,62H2,1-2H3,(H,65,66)/b7-5-,13-11-,19-17-,24-22-,25-23-,28-27-,31-30-,36-34-. The topological polar surface area (TPSA) is 134 Å². The molecule has 2 atom stereocenters. The zero-order chi connectivity index (χ0) is 51.7. The lowest BCUT2D eigenvalue weighted by atomic mass is 10.1. The smallest absolute Gasteiger partial charge is 0.462 e. The molecule has 3 N–H and O–H groups in total. The van der Waals surface area contributed by atoms with Crippen LogP contribution in [0.2, 0.25) is 0 Å². The molecule has 0 radical (unpaired) electrons. The average Bonchev–Trinajstić information content (AvgIpc) is 3.36. The second-order valence-electron chi connectivity index (χ2n) is 18.8. The minimum Gasteiger partial charge on any atom is -0.462 e. The Hall–Kier alpha value is -3.07. The average molecular weight is 1010 g/mol. The lowest BCUT2D eigenvalue weighted by Gasteiger charge is -2.19. The van der Waals surface area contributed by atoms with Crippen LogP contribution in [0.25, 0.3) is 0 Å². The van der Waals surface area contributed by atoms with E-state index in [4.69, 9.17) is 24.3 Å². The van der Waals surface area contributed by atoms with E-state index in [1.807, 2.05) is 0 Å². The van der Waals surface area contributed by atoms with E-state index >= 15 is 0 Å². The van der Waals surface area contributed by atoms with Crippen LogP contribution in [-0.4, -0.2) is 49.3 Å². The van der Waals surface area contributed by atoms with Gasteiger partial charge in [-0.3, -0.25) is 18.6 Å². The number of ether oxygens (including phenoxy) is 2. The maximum absolute atomic E-state index is 12.7. The highest BCUT2D eigenvalue weighted by atomic mass is 31.2. The van der Waals surface area contributed by atoms with Crippen molar-refractivity contribution in [3.63, 3.8) is 0 Å². The first-order valence-corrected chi connectivity index (χ1v) is 30.2. The Balaban J connectivity index is 4.05.